The molecule has 1 aromatic heterocycles. The first-order valence-electron chi connectivity index (χ1n) is 3.52. The molecule has 0 saturated carbocycles. The maximum Gasteiger partial charge on any atom is 0.522 e. The van der Waals surface area contributed by atoms with Gasteiger partial charge in [0.15, 0.2) is 0 Å². The van der Waals surface area contributed by atoms with Crippen LogP contribution in [-0.4, -0.2) is 23.5 Å². The summed E-state index contributed by atoms with van der Waals surface area (Å²) < 4.78 is 57.5. The first-order valence-corrected chi connectivity index (χ1v) is 4.96. The van der Waals surface area contributed by atoms with Crippen molar-refractivity contribution in [1.82, 2.24) is 4.98 Å². The van der Waals surface area contributed by atoms with Gasteiger partial charge in [0.25, 0.3) is 0 Å². The molecule has 0 aromatic carbocycles. The fourth-order valence-electron chi connectivity index (χ4n) is 0.426. The SMILES string of the molecule is N#Cc1ccncc1.O=S(=O)(O)C(F)(F)F. The van der Waals surface area contributed by atoms with Gasteiger partial charge < -0.3 is 0 Å². The summed E-state index contributed by atoms with van der Waals surface area (Å²) in [6, 6.07) is 5.32. The molecule has 0 radical (unpaired) electrons. The van der Waals surface area contributed by atoms with Crippen LogP contribution in [0.1, 0.15) is 5.56 Å². The van der Waals surface area contributed by atoms with Crippen molar-refractivity contribution >= 4 is 10.1 Å². The molecule has 16 heavy (non-hydrogen) atoms. The molecule has 0 atom stereocenters. The van der Waals surface area contributed by atoms with Gasteiger partial charge in [0.05, 0.1) is 11.6 Å². The van der Waals surface area contributed by atoms with E-state index < -0.39 is 15.6 Å². The smallest absolute Gasteiger partial charge is 0.279 e. The summed E-state index contributed by atoms with van der Waals surface area (Å²) in [5.74, 6) is 0. The van der Waals surface area contributed by atoms with Crippen LogP contribution in [0.3, 0.4) is 0 Å². The van der Waals surface area contributed by atoms with Crippen LogP contribution < -0.4 is 0 Å². The number of pyridine rings is 1. The minimum absolute atomic E-state index is 0.653. The molecule has 0 amide bonds. The van der Waals surface area contributed by atoms with Crippen molar-refractivity contribution in [3.8, 4) is 6.07 Å². The zero-order valence-electron chi connectivity index (χ0n) is 7.51. The third-order valence-electron chi connectivity index (χ3n) is 1.10. The van der Waals surface area contributed by atoms with Crippen molar-refractivity contribution < 1.29 is 26.1 Å². The van der Waals surface area contributed by atoms with Gasteiger partial charge >= 0.3 is 15.6 Å². The van der Waals surface area contributed by atoms with Crippen molar-refractivity contribution in [2.75, 3.05) is 0 Å². The minimum atomic E-state index is -5.84. The lowest BCUT2D eigenvalue weighted by molar-refractivity contribution is -0.0510. The van der Waals surface area contributed by atoms with Crippen LogP contribution >= 0.6 is 0 Å². The van der Waals surface area contributed by atoms with Gasteiger partial charge in [-0.25, -0.2) is 0 Å². The van der Waals surface area contributed by atoms with Gasteiger partial charge in [-0.15, -0.1) is 0 Å². The highest BCUT2D eigenvalue weighted by Gasteiger charge is 2.44. The third kappa shape index (κ3) is 5.28. The summed E-state index contributed by atoms with van der Waals surface area (Å²) >= 11 is 0. The average Bonchev–Trinajstić information content (AvgIpc) is 2.17. The molecule has 88 valence electrons. The van der Waals surface area contributed by atoms with Gasteiger partial charge in [-0.2, -0.15) is 26.9 Å². The molecule has 1 N–H and O–H groups in total. The maximum atomic E-state index is 10.7. The van der Waals surface area contributed by atoms with Crippen LogP contribution in [0.15, 0.2) is 24.5 Å². The summed E-state index contributed by atoms with van der Waals surface area (Å²) in [5.41, 5.74) is -4.88. The normalized spacial score (nSPS) is 10.9. The Kier molecular flexibility index (Phi) is 4.87. The lowest BCUT2D eigenvalue weighted by Gasteiger charge is -1.97. The standard InChI is InChI=1S/C6H4N2.CHF3O3S/c7-5-6-1-3-8-4-2-6;2-1(3,4)8(5,6)7/h1-4H;(H,5,6,7). The van der Waals surface area contributed by atoms with E-state index >= 15 is 0 Å². The van der Waals surface area contributed by atoms with Crippen molar-refractivity contribution in [2.45, 2.75) is 5.51 Å². The second-order valence-corrected chi connectivity index (χ2v) is 3.68. The summed E-state index contributed by atoms with van der Waals surface area (Å²) in [5, 5.41) is 8.26. The summed E-state index contributed by atoms with van der Waals surface area (Å²) in [6.07, 6.45) is 3.19. The van der Waals surface area contributed by atoms with E-state index in [1.165, 1.54) is 0 Å². The quantitative estimate of drug-likeness (QED) is 0.557. The highest BCUT2D eigenvalue weighted by atomic mass is 32.2. The number of alkyl halides is 3. The molecular formula is C7H5F3N2O3S. The topological polar surface area (TPSA) is 91.0 Å². The van der Waals surface area contributed by atoms with E-state index in [2.05, 4.69) is 4.98 Å². The molecule has 1 heterocycles. The van der Waals surface area contributed by atoms with Crippen LogP contribution in [0.25, 0.3) is 0 Å². The Morgan fingerprint density at radius 2 is 1.69 bits per heavy atom. The van der Waals surface area contributed by atoms with Crippen molar-refractivity contribution in [2.24, 2.45) is 0 Å². The Labute approximate surface area is 88.9 Å². The molecule has 0 bridgehead atoms. The van der Waals surface area contributed by atoms with E-state index in [9.17, 15) is 13.2 Å². The first-order chi connectivity index (χ1) is 7.18. The predicted molar refractivity (Wildman–Crippen MR) is 46.6 cm³/mol. The van der Waals surface area contributed by atoms with E-state index in [0.29, 0.717) is 5.56 Å². The Bertz CT molecular complexity index is 464. The predicted octanol–water partition coefficient (Wildman–Crippen LogP) is 1.35. The molecule has 0 unspecified atom stereocenters. The summed E-state index contributed by atoms with van der Waals surface area (Å²) in [4.78, 5) is 3.74. The second kappa shape index (κ2) is 5.43. The lowest BCUT2D eigenvalue weighted by atomic mass is 10.3. The molecular weight excluding hydrogens is 249 g/mol. The number of hydrogen-bond donors (Lipinski definition) is 1. The monoisotopic (exact) mass is 254 g/mol. The largest absolute Gasteiger partial charge is 0.522 e. The Balaban J connectivity index is 0.000000281. The zero-order chi connectivity index (χ0) is 12.8. The van der Waals surface area contributed by atoms with Crippen LogP contribution in [-0.2, 0) is 10.1 Å². The summed E-state index contributed by atoms with van der Waals surface area (Å²) in [6.45, 7) is 0. The van der Waals surface area contributed by atoms with Gasteiger partial charge in [-0.05, 0) is 12.1 Å². The number of rotatable bonds is 0. The molecule has 0 aliphatic rings. The first kappa shape index (κ1) is 14.3. The molecule has 9 heteroatoms. The number of nitriles is 1. The van der Waals surface area contributed by atoms with E-state index in [-0.39, 0.29) is 0 Å². The van der Waals surface area contributed by atoms with E-state index in [1.54, 1.807) is 24.5 Å². The van der Waals surface area contributed by atoms with Gasteiger partial charge in [0.1, 0.15) is 0 Å². The Morgan fingerprint density at radius 1 is 1.31 bits per heavy atom. The van der Waals surface area contributed by atoms with Crippen LogP contribution in [0.2, 0.25) is 0 Å². The zero-order valence-corrected chi connectivity index (χ0v) is 8.33. The minimum Gasteiger partial charge on any atom is -0.279 e. The average molecular weight is 254 g/mol. The Morgan fingerprint density at radius 3 is 1.88 bits per heavy atom. The van der Waals surface area contributed by atoms with Crippen molar-refractivity contribution in [3.05, 3.63) is 30.1 Å². The molecule has 5 nitrogen and oxygen atoms in total. The molecule has 0 fully saturated rings. The van der Waals surface area contributed by atoms with Gasteiger partial charge in [0, 0.05) is 12.4 Å². The van der Waals surface area contributed by atoms with Crippen LogP contribution in [0.5, 0.6) is 0 Å². The van der Waals surface area contributed by atoms with Gasteiger partial charge in [-0.1, -0.05) is 0 Å². The highest BCUT2D eigenvalue weighted by molar-refractivity contribution is 7.86. The van der Waals surface area contributed by atoms with E-state index in [1.807, 2.05) is 6.07 Å². The lowest BCUT2D eigenvalue weighted by Crippen LogP contribution is -2.21. The van der Waals surface area contributed by atoms with Crippen molar-refractivity contribution in [1.29, 1.82) is 5.26 Å². The Hall–Kier alpha value is -1.66. The fraction of sp³-hybridized carbons (Fsp3) is 0.143. The van der Waals surface area contributed by atoms with E-state index in [0.717, 1.165) is 0 Å². The fourth-order valence-corrected chi connectivity index (χ4v) is 0.426. The molecule has 0 aliphatic carbocycles. The number of nitrogens with zero attached hydrogens (tertiary/aromatic N) is 2. The van der Waals surface area contributed by atoms with Crippen molar-refractivity contribution in [3.63, 3.8) is 0 Å². The maximum absolute atomic E-state index is 10.7. The number of hydrogen-bond acceptors (Lipinski definition) is 4. The van der Waals surface area contributed by atoms with Crippen LogP contribution in [0.4, 0.5) is 13.2 Å². The third-order valence-corrected chi connectivity index (χ3v) is 1.69. The molecule has 0 aliphatic heterocycles. The summed E-state index contributed by atoms with van der Waals surface area (Å²) in [7, 11) is -5.84. The van der Waals surface area contributed by atoms with Gasteiger partial charge in [-0.3, -0.25) is 9.54 Å². The highest BCUT2D eigenvalue weighted by Crippen LogP contribution is 2.20. The van der Waals surface area contributed by atoms with E-state index in [4.69, 9.17) is 18.2 Å². The molecule has 1 rings (SSSR count). The number of aromatic nitrogens is 1. The van der Waals surface area contributed by atoms with Gasteiger partial charge in [0.2, 0.25) is 0 Å². The molecule has 1 aromatic rings. The van der Waals surface area contributed by atoms with Crippen LogP contribution in [0, 0.1) is 11.3 Å². The molecule has 0 saturated heterocycles. The second-order valence-electron chi connectivity index (χ2n) is 2.27. The molecule has 0 spiro atoms. The number of halogens is 3.